The van der Waals surface area contributed by atoms with Gasteiger partial charge in [-0.25, -0.2) is 4.68 Å². The van der Waals surface area contributed by atoms with Crippen molar-refractivity contribution in [3.63, 3.8) is 0 Å². The molecule has 0 aliphatic heterocycles. The number of hydrogen-bond donors (Lipinski definition) is 2. The van der Waals surface area contributed by atoms with Gasteiger partial charge in [0, 0.05) is 18.2 Å². The van der Waals surface area contributed by atoms with Crippen molar-refractivity contribution >= 4 is 23.2 Å². The number of rotatable bonds is 6. The highest BCUT2D eigenvalue weighted by Crippen LogP contribution is 2.19. The molecular weight excluding hydrogens is 380 g/mol. The number of nitrogens with one attached hydrogen (secondary N) is 2. The first kappa shape index (κ1) is 21.0. The minimum Gasteiger partial charge on any atom is -0.324 e. The molecule has 0 aliphatic rings. The van der Waals surface area contributed by atoms with Crippen molar-refractivity contribution in [1.82, 2.24) is 9.78 Å². The first-order valence-electron chi connectivity index (χ1n) is 9.68. The SMILES string of the molecule is CC(=O)Nc1cc(-c2ccccc2)nn(CC(=O)Nc2ccc(C(C)C)cc2)c1=O. The van der Waals surface area contributed by atoms with Gasteiger partial charge < -0.3 is 10.6 Å². The molecule has 0 radical (unpaired) electrons. The third kappa shape index (κ3) is 5.20. The summed E-state index contributed by atoms with van der Waals surface area (Å²) in [5, 5.41) is 9.62. The summed E-state index contributed by atoms with van der Waals surface area (Å²) in [5.41, 5.74) is 2.58. The Morgan fingerprint density at radius 3 is 2.27 bits per heavy atom. The molecule has 154 valence electrons. The quantitative estimate of drug-likeness (QED) is 0.656. The molecular formula is C23H24N4O3. The monoisotopic (exact) mass is 404 g/mol. The van der Waals surface area contributed by atoms with Crippen LogP contribution < -0.4 is 16.2 Å². The van der Waals surface area contributed by atoms with Crippen molar-refractivity contribution in [2.75, 3.05) is 10.6 Å². The fourth-order valence-corrected chi connectivity index (χ4v) is 2.97. The standard InChI is InChI=1S/C23H24N4O3/c1-15(2)17-9-11-19(12-10-17)25-22(29)14-27-23(30)21(24-16(3)28)13-20(26-27)18-7-5-4-6-8-18/h4-13,15H,14H2,1-3H3,(H,24,28)(H,25,29). The topological polar surface area (TPSA) is 93.1 Å². The second-order valence-electron chi connectivity index (χ2n) is 7.28. The van der Waals surface area contributed by atoms with Crippen molar-refractivity contribution in [2.24, 2.45) is 0 Å². The summed E-state index contributed by atoms with van der Waals surface area (Å²) >= 11 is 0. The molecule has 0 bridgehead atoms. The van der Waals surface area contributed by atoms with Crippen LogP contribution in [-0.4, -0.2) is 21.6 Å². The van der Waals surface area contributed by atoms with Crippen molar-refractivity contribution in [2.45, 2.75) is 33.2 Å². The van der Waals surface area contributed by atoms with Crippen LogP contribution in [0.25, 0.3) is 11.3 Å². The summed E-state index contributed by atoms with van der Waals surface area (Å²) < 4.78 is 1.06. The van der Waals surface area contributed by atoms with E-state index in [-0.39, 0.29) is 24.0 Å². The zero-order chi connectivity index (χ0) is 21.7. The second kappa shape index (κ2) is 9.17. The molecule has 3 aromatic rings. The van der Waals surface area contributed by atoms with Gasteiger partial charge in [-0.05, 0) is 29.7 Å². The van der Waals surface area contributed by atoms with Crippen LogP contribution in [-0.2, 0) is 16.1 Å². The molecule has 0 unspecified atom stereocenters. The Morgan fingerprint density at radius 2 is 1.67 bits per heavy atom. The normalized spacial score (nSPS) is 10.7. The second-order valence-corrected chi connectivity index (χ2v) is 7.28. The fourth-order valence-electron chi connectivity index (χ4n) is 2.97. The van der Waals surface area contributed by atoms with Gasteiger partial charge in [-0.3, -0.25) is 14.4 Å². The summed E-state index contributed by atoms with van der Waals surface area (Å²) in [4.78, 5) is 36.7. The zero-order valence-electron chi connectivity index (χ0n) is 17.2. The van der Waals surface area contributed by atoms with Gasteiger partial charge in [-0.1, -0.05) is 56.3 Å². The van der Waals surface area contributed by atoms with Crippen LogP contribution in [0.1, 0.15) is 32.3 Å². The lowest BCUT2D eigenvalue weighted by molar-refractivity contribution is -0.117. The van der Waals surface area contributed by atoms with Gasteiger partial charge in [0.1, 0.15) is 12.2 Å². The molecule has 3 rings (SSSR count). The maximum Gasteiger partial charge on any atom is 0.291 e. The molecule has 0 saturated carbocycles. The minimum absolute atomic E-state index is 0.0745. The van der Waals surface area contributed by atoms with Gasteiger partial charge >= 0.3 is 0 Å². The molecule has 1 heterocycles. The molecule has 2 amide bonds. The van der Waals surface area contributed by atoms with Crippen LogP contribution in [0.2, 0.25) is 0 Å². The summed E-state index contributed by atoms with van der Waals surface area (Å²) in [6.07, 6.45) is 0. The molecule has 7 heteroatoms. The molecule has 0 atom stereocenters. The minimum atomic E-state index is -0.546. The molecule has 0 saturated heterocycles. The van der Waals surface area contributed by atoms with E-state index in [1.54, 1.807) is 0 Å². The number of benzene rings is 2. The first-order valence-corrected chi connectivity index (χ1v) is 9.68. The third-order valence-electron chi connectivity index (χ3n) is 4.51. The highest BCUT2D eigenvalue weighted by molar-refractivity contribution is 5.91. The van der Waals surface area contributed by atoms with Crippen molar-refractivity contribution < 1.29 is 9.59 Å². The number of carbonyl (C=O) groups is 2. The van der Waals surface area contributed by atoms with Crippen LogP contribution in [0, 0.1) is 0 Å². The molecule has 0 aliphatic carbocycles. The lowest BCUT2D eigenvalue weighted by Crippen LogP contribution is -2.32. The van der Waals surface area contributed by atoms with E-state index in [4.69, 9.17) is 0 Å². The highest BCUT2D eigenvalue weighted by Gasteiger charge is 2.14. The molecule has 0 spiro atoms. The lowest BCUT2D eigenvalue weighted by Gasteiger charge is -2.12. The van der Waals surface area contributed by atoms with Crippen LogP contribution in [0.15, 0.2) is 65.5 Å². The van der Waals surface area contributed by atoms with Crippen LogP contribution in [0.4, 0.5) is 11.4 Å². The average molecular weight is 404 g/mol. The highest BCUT2D eigenvalue weighted by atomic mass is 16.2. The van der Waals surface area contributed by atoms with Crippen molar-refractivity contribution in [3.05, 3.63) is 76.6 Å². The van der Waals surface area contributed by atoms with E-state index in [0.29, 0.717) is 17.3 Å². The van der Waals surface area contributed by atoms with Crippen LogP contribution in [0.5, 0.6) is 0 Å². The Morgan fingerprint density at radius 1 is 1.00 bits per heavy atom. The Balaban J connectivity index is 1.87. The largest absolute Gasteiger partial charge is 0.324 e. The molecule has 0 fully saturated rings. The Kier molecular flexibility index (Phi) is 6.41. The predicted octanol–water partition coefficient (Wildman–Crippen LogP) is 3.63. The third-order valence-corrected chi connectivity index (χ3v) is 4.51. The first-order chi connectivity index (χ1) is 14.3. The van der Waals surface area contributed by atoms with E-state index >= 15 is 0 Å². The van der Waals surface area contributed by atoms with E-state index in [1.807, 2.05) is 54.6 Å². The van der Waals surface area contributed by atoms with E-state index < -0.39 is 5.56 Å². The fraction of sp³-hybridized carbons (Fsp3) is 0.217. The number of hydrogen-bond acceptors (Lipinski definition) is 4. The summed E-state index contributed by atoms with van der Waals surface area (Å²) in [6, 6.07) is 18.3. The maximum atomic E-state index is 12.7. The van der Waals surface area contributed by atoms with E-state index in [0.717, 1.165) is 10.2 Å². The number of nitrogens with zero attached hydrogens (tertiary/aromatic N) is 2. The molecule has 7 nitrogen and oxygen atoms in total. The van der Waals surface area contributed by atoms with E-state index in [9.17, 15) is 14.4 Å². The van der Waals surface area contributed by atoms with Crippen molar-refractivity contribution in [3.8, 4) is 11.3 Å². The van der Waals surface area contributed by atoms with Gasteiger partial charge in [-0.2, -0.15) is 5.10 Å². The van der Waals surface area contributed by atoms with Gasteiger partial charge in [0.25, 0.3) is 5.56 Å². The maximum absolute atomic E-state index is 12.7. The Labute approximate surface area is 174 Å². The average Bonchev–Trinajstić information content (AvgIpc) is 2.71. The number of anilines is 2. The van der Waals surface area contributed by atoms with Crippen molar-refractivity contribution in [1.29, 1.82) is 0 Å². The molecule has 1 aromatic heterocycles. The lowest BCUT2D eigenvalue weighted by atomic mass is 10.0. The molecule has 30 heavy (non-hydrogen) atoms. The summed E-state index contributed by atoms with van der Waals surface area (Å²) in [7, 11) is 0. The van der Waals surface area contributed by atoms with Gasteiger partial charge in [0.2, 0.25) is 11.8 Å². The molecule has 2 aromatic carbocycles. The van der Waals surface area contributed by atoms with Gasteiger partial charge in [-0.15, -0.1) is 0 Å². The number of aromatic nitrogens is 2. The van der Waals surface area contributed by atoms with Crippen LogP contribution >= 0.6 is 0 Å². The summed E-state index contributed by atoms with van der Waals surface area (Å²) in [5.74, 6) is -0.370. The van der Waals surface area contributed by atoms with Gasteiger partial charge in [0.15, 0.2) is 0 Å². The number of carbonyl (C=O) groups excluding carboxylic acids is 2. The summed E-state index contributed by atoms with van der Waals surface area (Å²) in [6.45, 7) is 5.23. The van der Waals surface area contributed by atoms with Crippen LogP contribution in [0.3, 0.4) is 0 Å². The van der Waals surface area contributed by atoms with E-state index in [1.165, 1.54) is 18.6 Å². The Bertz CT molecular complexity index is 1100. The molecule has 2 N–H and O–H groups in total. The Hall–Kier alpha value is -3.74. The predicted molar refractivity (Wildman–Crippen MR) is 117 cm³/mol. The number of amides is 2. The zero-order valence-corrected chi connectivity index (χ0v) is 17.2. The van der Waals surface area contributed by atoms with Gasteiger partial charge in [0.05, 0.1) is 5.69 Å². The van der Waals surface area contributed by atoms with E-state index in [2.05, 4.69) is 29.6 Å². The smallest absolute Gasteiger partial charge is 0.291 e.